The zero-order valence-corrected chi connectivity index (χ0v) is 10.9. The highest BCUT2D eigenvalue weighted by Gasteiger charge is 2.12. The average molecular weight is 245 g/mol. The fourth-order valence-electron chi connectivity index (χ4n) is 2.12. The van der Waals surface area contributed by atoms with Gasteiger partial charge in [0.1, 0.15) is 0 Å². The van der Waals surface area contributed by atoms with Crippen LogP contribution in [0.2, 0.25) is 0 Å². The molecule has 4 heteroatoms. The molecule has 18 heavy (non-hydrogen) atoms. The number of nitrogens with two attached hydrogens (primary N) is 1. The van der Waals surface area contributed by atoms with Crippen molar-refractivity contribution in [2.75, 3.05) is 37.4 Å². The molecule has 1 heterocycles. The predicted molar refractivity (Wildman–Crippen MR) is 75.9 cm³/mol. The first kappa shape index (κ1) is 12.6. The standard InChI is InChI=1S/C14H19N3O/c1-3-17(8-9-18-2)14-11-6-4-5-7-13(11)16-10-12(14)15/h4-7,10H,3,8-9,15H2,1-2H3. The lowest BCUT2D eigenvalue weighted by Gasteiger charge is -2.25. The van der Waals surface area contributed by atoms with Gasteiger partial charge in [-0.3, -0.25) is 4.98 Å². The normalized spacial score (nSPS) is 10.8. The van der Waals surface area contributed by atoms with Gasteiger partial charge in [-0.05, 0) is 13.0 Å². The van der Waals surface area contributed by atoms with Crippen molar-refractivity contribution in [3.05, 3.63) is 30.5 Å². The van der Waals surface area contributed by atoms with E-state index in [1.54, 1.807) is 13.3 Å². The van der Waals surface area contributed by atoms with Gasteiger partial charge in [0.25, 0.3) is 0 Å². The van der Waals surface area contributed by atoms with Crippen LogP contribution in [-0.4, -0.2) is 31.8 Å². The molecular formula is C14H19N3O. The summed E-state index contributed by atoms with van der Waals surface area (Å²) in [4.78, 5) is 6.58. The molecule has 0 unspecified atom stereocenters. The maximum Gasteiger partial charge on any atom is 0.0745 e. The quantitative estimate of drug-likeness (QED) is 0.878. The smallest absolute Gasteiger partial charge is 0.0745 e. The van der Waals surface area contributed by atoms with Crippen molar-refractivity contribution >= 4 is 22.3 Å². The van der Waals surface area contributed by atoms with E-state index < -0.39 is 0 Å². The van der Waals surface area contributed by atoms with Gasteiger partial charge < -0.3 is 15.4 Å². The molecule has 0 saturated heterocycles. The first-order valence-electron chi connectivity index (χ1n) is 6.15. The molecule has 0 bridgehead atoms. The predicted octanol–water partition coefficient (Wildman–Crippen LogP) is 2.29. The van der Waals surface area contributed by atoms with Gasteiger partial charge in [0, 0.05) is 25.6 Å². The number of hydrogen-bond acceptors (Lipinski definition) is 4. The molecule has 2 N–H and O–H groups in total. The zero-order valence-electron chi connectivity index (χ0n) is 10.9. The molecule has 0 amide bonds. The van der Waals surface area contributed by atoms with Gasteiger partial charge >= 0.3 is 0 Å². The van der Waals surface area contributed by atoms with E-state index in [-0.39, 0.29) is 0 Å². The monoisotopic (exact) mass is 245 g/mol. The summed E-state index contributed by atoms with van der Waals surface area (Å²) in [6.45, 7) is 4.51. The molecule has 1 aromatic heterocycles. The summed E-state index contributed by atoms with van der Waals surface area (Å²) in [6.07, 6.45) is 1.73. The van der Waals surface area contributed by atoms with Gasteiger partial charge in [-0.1, -0.05) is 18.2 Å². The zero-order chi connectivity index (χ0) is 13.0. The lowest BCUT2D eigenvalue weighted by molar-refractivity contribution is 0.205. The number of likely N-dealkylation sites (N-methyl/N-ethyl adjacent to an activating group) is 1. The fourth-order valence-corrected chi connectivity index (χ4v) is 2.12. The van der Waals surface area contributed by atoms with Crippen molar-refractivity contribution in [1.29, 1.82) is 0 Å². The number of hydrogen-bond donors (Lipinski definition) is 1. The van der Waals surface area contributed by atoms with Gasteiger partial charge in [0.2, 0.25) is 0 Å². The van der Waals surface area contributed by atoms with E-state index >= 15 is 0 Å². The number of para-hydroxylation sites is 1. The molecule has 0 radical (unpaired) electrons. The van der Waals surface area contributed by atoms with E-state index in [9.17, 15) is 0 Å². The minimum atomic E-state index is 0.684. The fraction of sp³-hybridized carbons (Fsp3) is 0.357. The first-order valence-corrected chi connectivity index (χ1v) is 6.15. The van der Waals surface area contributed by atoms with Crippen LogP contribution in [0.4, 0.5) is 11.4 Å². The number of aromatic nitrogens is 1. The highest BCUT2D eigenvalue weighted by molar-refractivity contribution is 5.97. The van der Waals surface area contributed by atoms with Crippen molar-refractivity contribution in [3.8, 4) is 0 Å². The van der Waals surface area contributed by atoms with Gasteiger partial charge in [-0.25, -0.2) is 0 Å². The van der Waals surface area contributed by atoms with E-state index in [0.29, 0.717) is 12.3 Å². The summed E-state index contributed by atoms with van der Waals surface area (Å²) < 4.78 is 5.15. The number of benzene rings is 1. The molecule has 2 aromatic rings. The van der Waals surface area contributed by atoms with Gasteiger partial charge in [0.05, 0.1) is 29.7 Å². The Hall–Kier alpha value is -1.81. The van der Waals surface area contributed by atoms with Gasteiger partial charge in [-0.15, -0.1) is 0 Å². The number of pyridine rings is 1. The molecular weight excluding hydrogens is 226 g/mol. The number of methoxy groups -OCH3 is 1. The van der Waals surface area contributed by atoms with Crippen LogP contribution in [0.3, 0.4) is 0 Å². The Morgan fingerprint density at radius 1 is 1.33 bits per heavy atom. The number of fused-ring (bicyclic) bond motifs is 1. The molecule has 0 spiro atoms. The third-order valence-corrected chi connectivity index (χ3v) is 3.04. The second-order valence-corrected chi connectivity index (χ2v) is 4.15. The molecule has 2 rings (SSSR count). The second-order valence-electron chi connectivity index (χ2n) is 4.15. The minimum absolute atomic E-state index is 0.684. The number of nitrogens with zero attached hydrogens (tertiary/aromatic N) is 2. The van der Waals surface area contributed by atoms with Crippen LogP contribution >= 0.6 is 0 Å². The molecule has 0 saturated carbocycles. The van der Waals surface area contributed by atoms with E-state index in [4.69, 9.17) is 10.5 Å². The minimum Gasteiger partial charge on any atom is -0.396 e. The van der Waals surface area contributed by atoms with E-state index in [1.165, 1.54) is 0 Å². The summed E-state index contributed by atoms with van der Waals surface area (Å²) >= 11 is 0. The van der Waals surface area contributed by atoms with E-state index in [0.717, 1.165) is 29.7 Å². The highest BCUT2D eigenvalue weighted by Crippen LogP contribution is 2.30. The van der Waals surface area contributed by atoms with Crippen LogP contribution in [-0.2, 0) is 4.74 Å². The van der Waals surface area contributed by atoms with Crippen LogP contribution in [0.15, 0.2) is 30.5 Å². The molecule has 0 aliphatic carbocycles. The molecule has 0 atom stereocenters. The van der Waals surface area contributed by atoms with Crippen molar-refractivity contribution in [3.63, 3.8) is 0 Å². The second kappa shape index (κ2) is 5.69. The molecule has 0 fully saturated rings. The van der Waals surface area contributed by atoms with Crippen LogP contribution in [0.1, 0.15) is 6.92 Å². The lowest BCUT2D eigenvalue weighted by Crippen LogP contribution is -2.27. The highest BCUT2D eigenvalue weighted by atomic mass is 16.5. The van der Waals surface area contributed by atoms with Crippen LogP contribution < -0.4 is 10.6 Å². The third kappa shape index (κ3) is 2.38. The SMILES string of the molecule is CCN(CCOC)c1c(N)cnc2ccccc12. The maximum atomic E-state index is 6.09. The van der Waals surface area contributed by atoms with Crippen molar-refractivity contribution in [2.24, 2.45) is 0 Å². The molecule has 1 aromatic carbocycles. The van der Waals surface area contributed by atoms with Crippen LogP contribution in [0, 0.1) is 0 Å². The largest absolute Gasteiger partial charge is 0.396 e. The Labute approximate surface area is 107 Å². The third-order valence-electron chi connectivity index (χ3n) is 3.04. The lowest BCUT2D eigenvalue weighted by atomic mass is 10.1. The number of nitrogen functional groups attached to an aromatic ring is 1. The Bertz CT molecular complexity index is 527. The molecule has 4 nitrogen and oxygen atoms in total. The number of anilines is 2. The Balaban J connectivity index is 2.49. The summed E-state index contributed by atoms with van der Waals surface area (Å²) in [5.41, 5.74) is 8.83. The Kier molecular flexibility index (Phi) is 3.99. The van der Waals surface area contributed by atoms with Crippen LogP contribution in [0.25, 0.3) is 10.9 Å². The average Bonchev–Trinajstić information content (AvgIpc) is 2.41. The maximum absolute atomic E-state index is 6.09. The number of rotatable bonds is 5. The molecule has 96 valence electrons. The van der Waals surface area contributed by atoms with Crippen molar-refractivity contribution in [1.82, 2.24) is 4.98 Å². The Morgan fingerprint density at radius 2 is 2.11 bits per heavy atom. The van der Waals surface area contributed by atoms with Gasteiger partial charge in [0.15, 0.2) is 0 Å². The Morgan fingerprint density at radius 3 is 2.83 bits per heavy atom. The summed E-state index contributed by atoms with van der Waals surface area (Å²) in [5.74, 6) is 0. The van der Waals surface area contributed by atoms with E-state index in [1.807, 2.05) is 18.2 Å². The summed E-state index contributed by atoms with van der Waals surface area (Å²) in [5, 5.41) is 1.09. The molecule has 0 aliphatic rings. The summed E-state index contributed by atoms with van der Waals surface area (Å²) in [6, 6.07) is 8.06. The number of ether oxygens (including phenoxy) is 1. The van der Waals surface area contributed by atoms with Crippen molar-refractivity contribution < 1.29 is 4.74 Å². The first-order chi connectivity index (χ1) is 8.77. The van der Waals surface area contributed by atoms with Gasteiger partial charge in [-0.2, -0.15) is 0 Å². The molecule has 0 aliphatic heterocycles. The summed E-state index contributed by atoms with van der Waals surface area (Å²) in [7, 11) is 1.71. The van der Waals surface area contributed by atoms with Crippen molar-refractivity contribution in [2.45, 2.75) is 6.92 Å². The van der Waals surface area contributed by atoms with Crippen LogP contribution in [0.5, 0.6) is 0 Å². The van der Waals surface area contributed by atoms with E-state index in [2.05, 4.69) is 22.9 Å². The topological polar surface area (TPSA) is 51.4 Å².